The fourth-order valence-corrected chi connectivity index (χ4v) is 4.84. The molecule has 2 aliphatic heterocycles. The van der Waals surface area contributed by atoms with Gasteiger partial charge in [0.15, 0.2) is 0 Å². The van der Waals surface area contributed by atoms with Gasteiger partial charge >= 0.3 is 0 Å². The number of halogens is 2. The van der Waals surface area contributed by atoms with Gasteiger partial charge in [0, 0.05) is 22.6 Å². The maximum Gasteiger partial charge on any atom is 0.213 e. The molecule has 0 saturated heterocycles. The van der Waals surface area contributed by atoms with E-state index in [1.54, 1.807) is 6.07 Å². The maximum absolute atomic E-state index is 6.56. The summed E-state index contributed by atoms with van der Waals surface area (Å²) in [6.45, 7) is 6.64. The third-order valence-corrected chi connectivity index (χ3v) is 6.48. The van der Waals surface area contributed by atoms with Gasteiger partial charge in [-0.05, 0) is 28.7 Å². The van der Waals surface area contributed by atoms with Crippen LogP contribution in [0.4, 0.5) is 0 Å². The van der Waals surface area contributed by atoms with Crippen LogP contribution in [0.15, 0.2) is 71.8 Å². The molecule has 31 heavy (non-hydrogen) atoms. The molecule has 2 heterocycles. The number of hydrazone groups is 1. The molecular weight excluding hydrogens is 427 g/mol. The molecule has 0 bridgehead atoms. The minimum atomic E-state index is -0.355. The normalized spacial score (nSPS) is 20.0. The summed E-state index contributed by atoms with van der Waals surface area (Å²) in [7, 11) is 0. The second kappa shape index (κ2) is 7.58. The highest BCUT2D eigenvalue weighted by Gasteiger charge is 2.42. The van der Waals surface area contributed by atoms with Crippen LogP contribution in [-0.4, -0.2) is 10.7 Å². The van der Waals surface area contributed by atoms with E-state index in [0.29, 0.717) is 15.8 Å². The standard InChI is InChI=1S/C26H24Cl2N2O/c1-26(2,3)18-11-9-17(10-12-18)25-30-23(15-22(29-30)16-7-5-4-6-8-16)20-13-19(27)14-21(28)24(20)31-25/h4-14,23,25H,15H2,1-3H3/t23-,25-/m1/s1. The molecule has 0 radical (unpaired) electrons. The fourth-order valence-electron chi connectivity index (χ4n) is 4.29. The SMILES string of the molecule is CC(C)(C)c1ccc([C@H]2Oc3c(Cl)cc(Cl)cc3[C@H]3CC(c4ccccc4)=NN32)cc1. The molecule has 0 N–H and O–H groups in total. The predicted octanol–water partition coefficient (Wildman–Crippen LogP) is 7.53. The molecule has 0 spiro atoms. The smallest absolute Gasteiger partial charge is 0.213 e. The second-order valence-corrected chi connectivity index (χ2v) is 10.0. The van der Waals surface area contributed by atoms with Crippen molar-refractivity contribution in [2.24, 2.45) is 5.10 Å². The number of hydrogen-bond acceptors (Lipinski definition) is 3. The minimum absolute atomic E-state index is 0.0162. The van der Waals surface area contributed by atoms with Crippen molar-refractivity contribution < 1.29 is 4.74 Å². The van der Waals surface area contributed by atoms with Crippen molar-refractivity contribution in [1.29, 1.82) is 0 Å². The van der Waals surface area contributed by atoms with Gasteiger partial charge in [-0.1, -0.05) is 98.6 Å². The van der Waals surface area contributed by atoms with E-state index in [1.807, 2.05) is 24.3 Å². The topological polar surface area (TPSA) is 24.8 Å². The summed E-state index contributed by atoms with van der Waals surface area (Å²) in [4.78, 5) is 0. The van der Waals surface area contributed by atoms with Crippen LogP contribution in [-0.2, 0) is 5.41 Å². The zero-order chi connectivity index (χ0) is 21.8. The van der Waals surface area contributed by atoms with Gasteiger partial charge in [-0.15, -0.1) is 0 Å². The molecule has 5 rings (SSSR count). The highest BCUT2D eigenvalue weighted by atomic mass is 35.5. The first-order valence-electron chi connectivity index (χ1n) is 10.5. The van der Waals surface area contributed by atoms with Crippen molar-refractivity contribution in [2.45, 2.75) is 44.9 Å². The molecular formula is C26H24Cl2N2O. The predicted molar refractivity (Wildman–Crippen MR) is 127 cm³/mol. The Hall–Kier alpha value is -2.49. The quantitative estimate of drug-likeness (QED) is 0.402. The number of benzene rings is 3. The molecule has 3 aromatic rings. The van der Waals surface area contributed by atoms with Gasteiger partial charge in [-0.3, -0.25) is 0 Å². The van der Waals surface area contributed by atoms with Gasteiger partial charge in [0.05, 0.1) is 16.8 Å². The molecule has 158 valence electrons. The van der Waals surface area contributed by atoms with E-state index in [0.717, 1.165) is 28.8 Å². The van der Waals surface area contributed by atoms with Crippen LogP contribution < -0.4 is 4.74 Å². The van der Waals surface area contributed by atoms with E-state index in [2.05, 4.69) is 62.2 Å². The van der Waals surface area contributed by atoms with Gasteiger partial charge in [-0.25, -0.2) is 5.01 Å². The number of rotatable bonds is 2. The summed E-state index contributed by atoms with van der Waals surface area (Å²) < 4.78 is 6.46. The first-order valence-corrected chi connectivity index (χ1v) is 11.2. The fraction of sp³-hybridized carbons (Fsp3) is 0.269. The molecule has 3 aromatic carbocycles. The summed E-state index contributed by atoms with van der Waals surface area (Å²) in [5.41, 5.74) is 5.56. The summed E-state index contributed by atoms with van der Waals surface area (Å²) in [6, 6.07) is 22.6. The average Bonchev–Trinajstić information content (AvgIpc) is 3.19. The van der Waals surface area contributed by atoms with Crippen molar-refractivity contribution in [3.8, 4) is 5.75 Å². The Morgan fingerprint density at radius 1 is 0.968 bits per heavy atom. The van der Waals surface area contributed by atoms with E-state index < -0.39 is 0 Å². The van der Waals surface area contributed by atoms with Gasteiger partial charge in [-0.2, -0.15) is 5.10 Å². The summed E-state index contributed by atoms with van der Waals surface area (Å²) in [5.74, 6) is 0.696. The maximum atomic E-state index is 6.56. The van der Waals surface area contributed by atoms with Gasteiger partial charge in [0.1, 0.15) is 5.75 Å². The highest BCUT2D eigenvalue weighted by molar-refractivity contribution is 6.35. The van der Waals surface area contributed by atoms with Crippen molar-refractivity contribution in [2.75, 3.05) is 0 Å². The lowest BCUT2D eigenvalue weighted by Gasteiger charge is -2.38. The molecule has 0 aromatic heterocycles. The Balaban J connectivity index is 1.60. The van der Waals surface area contributed by atoms with E-state index in [9.17, 15) is 0 Å². The number of fused-ring (bicyclic) bond motifs is 3. The molecule has 0 aliphatic carbocycles. The number of hydrogen-bond donors (Lipinski definition) is 0. The van der Waals surface area contributed by atoms with Crippen molar-refractivity contribution in [3.63, 3.8) is 0 Å². The van der Waals surface area contributed by atoms with E-state index >= 15 is 0 Å². The highest BCUT2D eigenvalue weighted by Crippen LogP contribution is 2.50. The third-order valence-electron chi connectivity index (χ3n) is 5.98. The Morgan fingerprint density at radius 3 is 2.35 bits per heavy atom. The second-order valence-electron chi connectivity index (χ2n) is 9.16. The monoisotopic (exact) mass is 450 g/mol. The van der Waals surface area contributed by atoms with Crippen molar-refractivity contribution in [1.82, 2.24) is 5.01 Å². The lowest BCUT2D eigenvalue weighted by Crippen LogP contribution is -2.34. The first-order chi connectivity index (χ1) is 14.8. The Labute approximate surface area is 193 Å². The summed E-state index contributed by atoms with van der Waals surface area (Å²) >= 11 is 12.9. The molecule has 0 saturated carbocycles. The molecule has 5 heteroatoms. The Kier molecular flexibility index (Phi) is 4.99. The van der Waals surface area contributed by atoms with Crippen LogP contribution in [0.3, 0.4) is 0 Å². The Bertz CT molecular complexity index is 1150. The third kappa shape index (κ3) is 3.71. The van der Waals surface area contributed by atoms with Crippen LogP contribution in [0, 0.1) is 0 Å². The van der Waals surface area contributed by atoms with Gasteiger partial charge in [0.2, 0.25) is 6.23 Å². The average molecular weight is 451 g/mol. The lowest BCUT2D eigenvalue weighted by molar-refractivity contribution is -0.0189. The van der Waals surface area contributed by atoms with Crippen LogP contribution in [0.1, 0.15) is 61.7 Å². The van der Waals surface area contributed by atoms with Crippen molar-refractivity contribution >= 4 is 28.9 Å². The van der Waals surface area contributed by atoms with Crippen LogP contribution in [0.25, 0.3) is 0 Å². The largest absolute Gasteiger partial charge is 0.463 e. The van der Waals surface area contributed by atoms with E-state index in [1.165, 1.54) is 5.56 Å². The molecule has 0 fully saturated rings. The molecule has 0 amide bonds. The number of nitrogens with zero attached hydrogens (tertiary/aromatic N) is 2. The zero-order valence-corrected chi connectivity index (χ0v) is 19.3. The zero-order valence-electron chi connectivity index (χ0n) is 17.8. The number of ether oxygens (including phenoxy) is 1. The molecule has 2 atom stereocenters. The minimum Gasteiger partial charge on any atom is -0.463 e. The molecule has 0 unspecified atom stereocenters. The molecule has 2 aliphatic rings. The van der Waals surface area contributed by atoms with Crippen LogP contribution in [0.2, 0.25) is 10.0 Å². The van der Waals surface area contributed by atoms with Gasteiger partial charge < -0.3 is 4.74 Å². The van der Waals surface area contributed by atoms with Crippen LogP contribution >= 0.6 is 23.2 Å². The van der Waals surface area contributed by atoms with Gasteiger partial charge in [0.25, 0.3) is 0 Å². The first kappa shape index (κ1) is 20.4. The van der Waals surface area contributed by atoms with E-state index in [4.69, 9.17) is 33.0 Å². The van der Waals surface area contributed by atoms with E-state index in [-0.39, 0.29) is 17.7 Å². The summed E-state index contributed by atoms with van der Waals surface area (Å²) in [5, 5.41) is 8.20. The molecule has 3 nitrogen and oxygen atoms in total. The van der Waals surface area contributed by atoms with Crippen molar-refractivity contribution in [3.05, 3.63) is 99.0 Å². The Morgan fingerprint density at radius 2 is 1.68 bits per heavy atom. The summed E-state index contributed by atoms with van der Waals surface area (Å²) in [6.07, 6.45) is 0.416. The lowest BCUT2D eigenvalue weighted by atomic mass is 9.86. The van der Waals surface area contributed by atoms with Crippen LogP contribution in [0.5, 0.6) is 5.75 Å².